The Bertz CT molecular complexity index is 1280. The molecule has 0 bridgehead atoms. The zero-order valence-corrected chi connectivity index (χ0v) is 23.0. The van der Waals surface area contributed by atoms with Gasteiger partial charge in [0, 0.05) is 41.6 Å². The van der Waals surface area contributed by atoms with Gasteiger partial charge < -0.3 is 15.2 Å². The Hall–Kier alpha value is -3.31. The van der Waals surface area contributed by atoms with Crippen LogP contribution >= 0.6 is 11.6 Å². The summed E-state index contributed by atoms with van der Waals surface area (Å²) in [6.07, 6.45) is -3.22. The van der Waals surface area contributed by atoms with Gasteiger partial charge in [-0.1, -0.05) is 35.9 Å². The summed E-state index contributed by atoms with van der Waals surface area (Å²) < 4.78 is 47.0. The first kappa shape index (κ1) is 29.7. The van der Waals surface area contributed by atoms with E-state index in [4.69, 9.17) is 16.3 Å². The smallest absolute Gasteiger partial charge is 0.411 e. The Morgan fingerprint density at radius 2 is 1.82 bits per heavy atom. The Balaban J connectivity index is 1.79. The summed E-state index contributed by atoms with van der Waals surface area (Å²) in [6.45, 7) is 4.74. The Morgan fingerprint density at radius 3 is 2.42 bits per heavy atom. The molecule has 40 heavy (non-hydrogen) atoms. The molecule has 2 unspecified atom stereocenters. The van der Waals surface area contributed by atoms with E-state index in [0.717, 1.165) is 21.9 Å². The number of nitrogens with zero attached hydrogens (tertiary/aromatic N) is 2. The normalized spacial score (nSPS) is 21.4. The van der Waals surface area contributed by atoms with E-state index in [9.17, 15) is 32.7 Å². The summed E-state index contributed by atoms with van der Waals surface area (Å²) in [5.41, 5.74) is -0.770. The minimum atomic E-state index is -2.91. The second-order valence-electron chi connectivity index (χ2n) is 11.1. The first-order valence-electron chi connectivity index (χ1n) is 12.8. The summed E-state index contributed by atoms with van der Waals surface area (Å²) in [4.78, 5) is 43.1. The van der Waals surface area contributed by atoms with Gasteiger partial charge in [0.05, 0.1) is 12.6 Å². The Morgan fingerprint density at radius 1 is 1.15 bits per heavy atom. The molecule has 0 radical (unpaired) electrons. The third-order valence-electron chi connectivity index (χ3n) is 6.66. The number of benzene rings is 2. The summed E-state index contributed by atoms with van der Waals surface area (Å²) in [5, 5.41) is 13.1. The number of hydrogen-bond donors (Lipinski definition) is 2. The first-order valence-corrected chi connectivity index (χ1v) is 13.2. The van der Waals surface area contributed by atoms with E-state index in [0.29, 0.717) is 0 Å². The summed E-state index contributed by atoms with van der Waals surface area (Å²) >= 11 is 6.46. The number of aliphatic hydroxyl groups is 1. The molecule has 2 aliphatic rings. The number of halogens is 4. The molecule has 2 N–H and O–H groups in total. The summed E-state index contributed by atoms with van der Waals surface area (Å²) in [6, 6.07) is 7.48. The van der Waals surface area contributed by atoms with E-state index in [-0.39, 0.29) is 29.2 Å². The molecule has 3 amide bonds. The standard InChI is InChI=1S/C28H31ClF3N3O5/c1-27(2,3)40-26(39)34-15-19(36)12-22(34)25(38)35(18-8-6-7-16(30)11-18)23(20-9-4-5-10-21(20)29)24(37)33-17-13-28(31,32)14-17/h4-11,17,19,22-23,36H,12-15H2,1-3H3,(H,33,37)/t19?,22?,23-/m0/s1. The van der Waals surface area contributed by atoms with Crippen molar-refractivity contribution < 1.29 is 37.4 Å². The van der Waals surface area contributed by atoms with Gasteiger partial charge in [-0.05, 0) is 45.0 Å². The van der Waals surface area contributed by atoms with Crippen molar-refractivity contribution in [1.29, 1.82) is 0 Å². The van der Waals surface area contributed by atoms with E-state index in [1.165, 1.54) is 24.3 Å². The Kier molecular flexibility index (Phi) is 8.37. The highest BCUT2D eigenvalue weighted by Crippen LogP contribution is 2.39. The topological polar surface area (TPSA) is 99.2 Å². The zero-order chi connectivity index (χ0) is 29.4. The fraction of sp³-hybridized carbons (Fsp3) is 0.464. The molecule has 2 aromatic rings. The van der Waals surface area contributed by atoms with Gasteiger partial charge in [0.15, 0.2) is 0 Å². The fourth-order valence-electron chi connectivity index (χ4n) is 4.90. The van der Waals surface area contributed by atoms with E-state index in [2.05, 4.69) is 5.32 Å². The number of alkyl halides is 2. The van der Waals surface area contributed by atoms with Crippen LogP contribution in [0, 0.1) is 5.82 Å². The molecule has 0 spiro atoms. The van der Waals surface area contributed by atoms with Gasteiger partial charge in [0.25, 0.3) is 11.8 Å². The van der Waals surface area contributed by atoms with Gasteiger partial charge in [-0.2, -0.15) is 0 Å². The van der Waals surface area contributed by atoms with E-state index in [1.54, 1.807) is 32.9 Å². The molecular formula is C28H31ClF3N3O5. The lowest BCUT2D eigenvalue weighted by Gasteiger charge is -2.39. The average molecular weight is 582 g/mol. The van der Waals surface area contributed by atoms with E-state index < -0.39 is 72.3 Å². The largest absolute Gasteiger partial charge is 0.444 e. The second-order valence-corrected chi connectivity index (χ2v) is 11.5. The van der Waals surface area contributed by atoms with Crippen LogP contribution in [0.15, 0.2) is 48.5 Å². The number of anilines is 1. The molecule has 1 heterocycles. The van der Waals surface area contributed by atoms with E-state index in [1.807, 2.05) is 0 Å². The van der Waals surface area contributed by atoms with Crippen molar-refractivity contribution >= 4 is 35.2 Å². The molecule has 0 aromatic heterocycles. The van der Waals surface area contributed by atoms with Gasteiger partial charge in [-0.25, -0.2) is 18.0 Å². The zero-order valence-electron chi connectivity index (χ0n) is 22.2. The third-order valence-corrected chi connectivity index (χ3v) is 7.00. The predicted octanol–water partition coefficient (Wildman–Crippen LogP) is 4.84. The molecule has 1 aliphatic heterocycles. The third kappa shape index (κ3) is 6.69. The van der Waals surface area contributed by atoms with Crippen LogP contribution in [0.1, 0.15) is 51.6 Å². The van der Waals surface area contributed by atoms with Crippen molar-refractivity contribution in [1.82, 2.24) is 10.2 Å². The molecule has 1 saturated carbocycles. The van der Waals surface area contributed by atoms with Crippen molar-refractivity contribution in [2.45, 2.75) is 75.8 Å². The summed E-state index contributed by atoms with van der Waals surface area (Å²) in [5.74, 6) is -5.24. The molecular weight excluding hydrogens is 551 g/mol. The molecule has 2 fully saturated rings. The number of hydrogen-bond acceptors (Lipinski definition) is 5. The minimum Gasteiger partial charge on any atom is -0.444 e. The molecule has 216 valence electrons. The first-order chi connectivity index (χ1) is 18.6. The maximum atomic E-state index is 14.5. The van der Waals surface area contributed by atoms with Crippen LogP contribution in [-0.4, -0.2) is 64.2 Å². The highest BCUT2D eigenvalue weighted by molar-refractivity contribution is 6.31. The maximum Gasteiger partial charge on any atom is 0.411 e. The van der Waals surface area contributed by atoms with Crippen LogP contribution < -0.4 is 10.2 Å². The molecule has 12 heteroatoms. The average Bonchev–Trinajstić information content (AvgIpc) is 3.22. The van der Waals surface area contributed by atoms with Crippen molar-refractivity contribution in [3.8, 4) is 0 Å². The highest BCUT2D eigenvalue weighted by atomic mass is 35.5. The lowest BCUT2D eigenvalue weighted by Crippen LogP contribution is -2.56. The predicted molar refractivity (Wildman–Crippen MR) is 142 cm³/mol. The van der Waals surface area contributed by atoms with Crippen molar-refractivity contribution in [3.05, 3.63) is 64.9 Å². The lowest BCUT2D eigenvalue weighted by atomic mass is 9.87. The summed E-state index contributed by atoms with van der Waals surface area (Å²) in [7, 11) is 0. The van der Waals surface area contributed by atoms with Gasteiger partial charge >= 0.3 is 6.09 Å². The highest BCUT2D eigenvalue weighted by Gasteiger charge is 2.49. The quantitative estimate of drug-likeness (QED) is 0.509. The number of likely N-dealkylation sites (tertiary alicyclic amines) is 1. The van der Waals surface area contributed by atoms with Gasteiger partial charge in [0.1, 0.15) is 23.5 Å². The molecule has 4 rings (SSSR count). The number of carbonyl (C=O) groups excluding carboxylic acids is 3. The number of aliphatic hydroxyl groups excluding tert-OH is 1. The fourth-order valence-corrected chi connectivity index (χ4v) is 5.14. The monoisotopic (exact) mass is 581 g/mol. The van der Waals surface area contributed by atoms with E-state index >= 15 is 0 Å². The second kappa shape index (κ2) is 11.3. The van der Waals surface area contributed by atoms with Crippen molar-refractivity contribution in [2.24, 2.45) is 0 Å². The number of β-amino-alcohol motifs (C(OH)–C–C–N with tert-alkyl or cyclic N) is 1. The maximum absolute atomic E-state index is 14.5. The van der Waals surface area contributed by atoms with Crippen LogP contribution in [-0.2, 0) is 14.3 Å². The van der Waals surface area contributed by atoms with Crippen LogP contribution in [0.4, 0.5) is 23.7 Å². The lowest BCUT2D eigenvalue weighted by molar-refractivity contribution is -0.133. The van der Waals surface area contributed by atoms with Crippen molar-refractivity contribution in [2.75, 3.05) is 11.4 Å². The SMILES string of the molecule is CC(C)(C)OC(=O)N1CC(O)CC1C(=O)N(c1cccc(F)c1)[C@H](C(=O)NC1CC(F)(F)C1)c1ccccc1Cl. The molecule has 8 nitrogen and oxygen atoms in total. The Labute approximate surface area is 235 Å². The molecule has 1 aliphatic carbocycles. The van der Waals surface area contributed by atoms with Gasteiger partial charge in [-0.3, -0.25) is 19.4 Å². The number of carbonyl (C=O) groups is 3. The van der Waals surface area contributed by atoms with Crippen LogP contribution in [0.2, 0.25) is 5.02 Å². The molecule has 2 aromatic carbocycles. The number of nitrogens with one attached hydrogen (secondary N) is 1. The van der Waals surface area contributed by atoms with Crippen LogP contribution in [0.5, 0.6) is 0 Å². The molecule has 1 saturated heterocycles. The molecule has 3 atom stereocenters. The van der Waals surface area contributed by atoms with Gasteiger partial charge in [-0.15, -0.1) is 0 Å². The van der Waals surface area contributed by atoms with Crippen molar-refractivity contribution in [3.63, 3.8) is 0 Å². The number of amides is 3. The minimum absolute atomic E-state index is 0.0328. The van der Waals surface area contributed by atoms with Crippen LogP contribution in [0.25, 0.3) is 0 Å². The number of ether oxygens (including phenoxy) is 1. The van der Waals surface area contributed by atoms with Gasteiger partial charge in [0.2, 0.25) is 5.91 Å². The van der Waals surface area contributed by atoms with Crippen LogP contribution in [0.3, 0.4) is 0 Å². The number of rotatable bonds is 6.